The molecule has 0 aromatic heterocycles. The van der Waals surface area contributed by atoms with Crippen LogP contribution in [0.4, 0.5) is 0 Å². The van der Waals surface area contributed by atoms with Crippen molar-refractivity contribution in [3.63, 3.8) is 0 Å². The van der Waals surface area contributed by atoms with Crippen molar-refractivity contribution in [3.05, 3.63) is 0 Å². The van der Waals surface area contributed by atoms with E-state index in [1.165, 1.54) is 17.7 Å². The molecule has 1 atom stereocenters. The Labute approximate surface area is 108 Å². The van der Waals surface area contributed by atoms with Crippen LogP contribution in [-0.4, -0.2) is 47.1 Å². The number of carbonyl (C=O) groups excluding carboxylic acids is 1. The number of hydrogen-bond acceptors (Lipinski definition) is 3. The van der Waals surface area contributed by atoms with Crippen LogP contribution in [0, 0.1) is 0 Å². The van der Waals surface area contributed by atoms with Crippen molar-refractivity contribution < 1.29 is 14.7 Å². The van der Waals surface area contributed by atoms with E-state index in [4.69, 9.17) is 5.11 Å². The van der Waals surface area contributed by atoms with Gasteiger partial charge in [-0.3, -0.25) is 4.79 Å². The SMILES string of the molecule is O=C(O)[C@H]1CCCCN1C(=O)CNC1CCCC1. The molecule has 18 heavy (non-hydrogen) atoms. The van der Waals surface area contributed by atoms with Crippen LogP contribution in [0.15, 0.2) is 0 Å². The lowest BCUT2D eigenvalue weighted by atomic mass is 10.0. The molecule has 1 saturated heterocycles. The molecular weight excluding hydrogens is 232 g/mol. The number of nitrogens with zero attached hydrogens (tertiary/aromatic N) is 1. The summed E-state index contributed by atoms with van der Waals surface area (Å²) in [5.74, 6) is -0.932. The summed E-state index contributed by atoms with van der Waals surface area (Å²) in [6, 6.07) is -0.168. The van der Waals surface area contributed by atoms with Gasteiger partial charge in [0.15, 0.2) is 0 Å². The number of likely N-dealkylation sites (tertiary alicyclic amines) is 1. The molecular formula is C13H22N2O3. The lowest BCUT2D eigenvalue weighted by molar-refractivity contribution is -0.151. The Morgan fingerprint density at radius 3 is 2.44 bits per heavy atom. The third kappa shape index (κ3) is 3.22. The van der Waals surface area contributed by atoms with Crippen LogP contribution in [0.25, 0.3) is 0 Å². The fourth-order valence-corrected chi connectivity index (χ4v) is 2.95. The van der Waals surface area contributed by atoms with Gasteiger partial charge in [-0.15, -0.1) is 0 Å². The number of aliphatic carboxylic acids is 1. The van der Waals surface area contributed by atoms with E-state index in [2.05, 4.69) is 5.32 Å². The maximum Gasteiger partial charge on any atom is 0.326 e. The van der Waals surface area contributed by atoms with Gasteiger partial charge in [-0.25, -0.2) is 4.79 Å². The van der Waals surface area contributed by atoms with Crippen molar-refractivity contribution in [3.8, 4) is 0 Å². The highest BCUT2D eigenvalue weighted by atomic mass is 16.4. The number of carboxylic acid groups (broad SMARTS) is 1. The summed E-state index contributed by atoms with van der Waals surface area (Å²) in [6.45, 7) is 0.872. The first-order valence-electron chi connectivity index (χ1n) is 6.94. The van der Waals surface area contributed by atoms with E-state index < -0.39 is 12.0 Å². The number of rotatable bonds is 4. The molecule has 2 N–H and O–H groups in total. The van der Waals surface area contributed by atoms with Gasteiger partial charge in [0.2, 0.25) is 5.91 Å². The first kappa shape index (κ1) is 13.3. The van der Waals surface area contributed by atoms with Crippen LogP contribution in [0.1, 0.15) is 44.9 Å². The zero-order valence-corrected chi connectivity index (χ0v) is 10.7. The number of carbonyl (C=O) groups is 2. The molecule has 5 nitrogen and oxygen atoms in total. The minimum atomic E-state index is -0.871. The highest BCUT2D eigenvalue weighted by Crippen LogP contribution is 2.19. The third-order valence-corrected chi connectivity index (χ3v) is 4.01. The first-order valence-corrected chi connectivity index (χ1v) is 6.94. The summed E-state index contributed by atoms with van der Waals surface area (Å²) in [5.41, 5.74) is 0. The van der Waals surface area contributed by atoms with Crippen LogP contribution < -0.4 is 5.32 Å². The van der Waals surface area contributed by atoms with Gasteiger partial charge in [-0.05, 0) is 32.1 Å². The zero-order chi connectivity index (χ0) is 13.0. The molecule has 0 radical (unpaired) electrons. The van der Waals surface area contributed by atoms with Crippen molar-refractivity contribution in [2.24, 2.45) is 0 Å². The second-order valence-electron chi connectivity index (χ2n) is 5.30. The van der Waals surface area contributed by atoms with E-state index in [1.54, 1.807) is 0 Å². The Hall–Kier alpha value is -1.10. The highest BCUT2D eigenvalue weighted by Gasteiger charge is 2.31. The Morgan fingerprint density at radius 2 is 1.78 bits per heavy atom. The minimum Gasteiger partial charge on any atom is -0.480 e. The fraction of sp³-hybridized carbons (Fsp3) is 0.846. The Bertz CT molecular complexity index is 313. The van der Waals surface area contributed by atoms with Crippen LogP contribution in [0.5, 0.6) is 0 Å². The largest absolute Gasteiger partial charge is 0.480 e. The Balaban J connectivity index is 1.83. The summed E-state index contributed by atoms with van der Waals surface area (Å²) in [4.78, 5) is 24.7. The second kappa shape index (κ2) is 6.18. The molecule has 0 bridgehead atoms. The molecule has 5 heteroatoms. The molecule has 2 fully saturated rings. The van der Waals surface area contributed by atoms with Crippen molar-refractivity contribution in [1.82, 2.24) is 10.2 Å². The van der Waals surface area contributed by atoms with Crippen LogP contribution in [0.2, 0.25) is 0 Å². The maximum atomic E-state index is 12.1. The van der Waals surface area contributed by atoms with E-state index in [0.717, 1.165) is 25.7 Å². The van der Waals surface area contributed by atoms with E-state index in [-0.39, 0.29) is 12.5 Å². The molecule has 102 valence electrons. The Kier molecular flexibility index (Phi) is 4.58. The van der Waals surface area contributed by atoms with Gasteiger partial charge < -0.3 is 15.3 Å². The van der Waals surface area contributed by atoms with Gasteiger partial charge in [0, 0.05) is 12.6 Å². The van der Waals surface area contributed by atoms with Gasteiger partial charge in [0.05, 0.1) is 6.54 Å². The van der Waals surface area contributed by atoms with E-state index >= 15 is 0 Å². The number of piperidine rings is 1. The lowest BCUT2D eigenvalue weighted by Gasteiger charge is -2.33. The molecule has 1 heterocycles. The summed E-state index contributed by atoms with van der Waals surface area (Å²) in [5, 5.41) is 12.4. The molecule has 0 spiro atoms. The van der Waals surface area contributed by atoms with Crippen molar-refractivity contribution in [2.45, 2.75) is 57.0 Å². The van der Waals surface area contributed by atoms with Crippen molar-refractivity contribution in [2.75, 3.05) is 13.1 Å². The summed E-state index contributed by atoms with van der Waals surface area (Å²) in [7, 11) is 0. The van der Waals surface area contributed by atoms with Gasteiger partial charge in [0.25, 0.3) is 0 Å². The Morgan fingerprint density at radius 1 is 1.11 bits per heavy atom. The van der Waals surface area contributed by atoms with E-state index in [9.17, 15) is 9.59 Å². The predicted molar refractivity (Wildman–Crippen MR) is 67.2 cm³/mol. The topological polar surface area (TPSA) is 69.6 Å². The maximum absolute atomic E-state index is 12.1. The van der Waals surface area contributed by atoms with Crippen molar-refractivity contribution in [1.29, 1.82) is 0 Å². The molecule has 0 unspecified atom stereocenters. The average molecular weight is 254 g/mol. The lowest BCUT2D eigenvalue weighted by Crippen LogP contribution is -2.51. The average Bonchev–Trinajstić information content (AvgIpc) is 2.89. The highest BCUT2D eigenvalue weighted by molar-refractivity contribution is 5.85. The molecule has 1 amide bonds. The summed E-state index contributed by atoms with van der Waals surface area (Å²) >= 11 is 0. The number of nitrogens with one attached hydrogen (secondary N) is 1. The van der Waals surface area contributed by atoms with Crippen LogP contribution in [-0.2, 0) is 9.59 Å². The first-order chi connectivity index (χ1) is 8.68. The molecule has 1 aliphatic heterocycles. The van der Waals surface area contributed by atoms with Crippen molar-refractivity contribution >= 4 is 11.9 Å². The molecule has 2 aliphatic rings. The fourth-order valence-electron chi connectivity index (χ4n) is 2.95. The molecule has 0 aromatic carbocycles. The molecule has 0 aromatic rings. The predicted octanol–water partition coefficient (Wildman–Crippen LogP) is 0.984. The third-order valence-electron chi connectivity index (χ3n) is 4.01. The number of carboxylic acids is 1. The molecule has 1 saturated carbocycles. The quantitative estimate of drug-likeness (QED) is 0.785. The molecule has 2 rings (SSSR count). The summed E-state index contributed by atoms with van der Waals surface area (Å²) in [6.07, 6.45) is 7.13. The zero-order valence-electron chi connectivity index (χ0n) is 10.7. The smallest absolute Gasteiger partial charge is 0.326 e. The van der Waals surface area contributed by atoms with Crippen LogP contribution >= 0.6 is 0 Å². The second-order valence-corrected chi connectivity index (χ2v) is 5.30. The number of hydrogen-bond donors (Lipinski definition) is 2. The normalized spacial score (nSPS) is 25.3. The minimum absolute atomic E-state index is 0.0611. The monoisotopic (exact) mass is 254 g/mol. The van der Waals surface area contributed by atoms with E-state index in [1.807, 2.05) is 0 Å². The van der Waals surface area contributed by atoms with Gasteiger partial charge in [-0.2, -0.15) is 0 Å². The van der Waals surface area contributed by atoms with E-state index in [0.29, 0.717) is 19.0 Å². The van der Waals surface area contributed by atoms with Gasteiger partial charge in [0.1, 0.15) is 6.04 Å². The molecule has 1 aliphatic carbocycles. The van der Waals surface area contributed by atoms with Gasteiger partial charge in [-0.1, -0.05) is 12.8 Å². The standard InChI is InChI=1S/C13H22N2O3/c16-12(9-14-10-5-1-2-6-10)15-8-4-3-7-11(15)13(17)18/h10-11,14H,1-9H2,(H,17,18)/t11-/m1/s1. The summed E-state index contributed by atoms with van der Waals surface area (Å²) < 4.78 is 0. The van der Waals surface area contributed by atoms with Crippen LogP contribution in [0.3, 0.4) is 0 Å². The van der Waals surface area contributed by atoms with Gasteiger partial charge >= 0.3 is 5.97 Å². The number of amides is 1.